The second kappa shape index (κ2) is 15.6. The molecule has 0 heterocycles. The van der Waals surface area contributed by atoms with E-state index in [0.717, 1.165) is 24.2 Å². The molecule has 0 aliphatic rings. The third-order valence-corrected chi connectivity index (χ3v) is 6.94. The SMILES string of the molecule is CCCCCCCCCCC(=O)N(c1ccccc1SCCC(=O)O)[S+]([O-])CC. The molecule has 7 heteroatoms. The molecule has 1 aromatic carbocycles. The lowest BCUT2D eigenvalue weighted by atomic mass is 10.1. The highest BCUT2D eigenvalue weighted by atomic mass is 32.2. The largest absolute Gasteiger partial charge is 0.593 e. The van der Waals surface area contributed by atoms with Crippen LogP contribution in [0.5, 0.6) is 0 Å². The van der Waals surface area contributed by atoms with E-state index in [2.05, 4.69) is 6.92 Å². The average Bonchev–Trinajstić information content (AvgIpc) is 2.70. The van der Waals surface area contributed by atoms with E-state index in [0.29, 0.717) is 23.6 Å². The molecule has 0 saturated heterocycles. The summed E-state index contributed by atoms with van der Waals surface area (Å²) in [5.41, 5.74) is 0.618. The summed E-state index contributed by atoms with van der Waals surface area (Å²) in [6.45, 7) is 4.01. The summed E-state index contributed by atoms with van der Waals surface area (Å²) in [4.78, 5) is 24.5. The van der Waals surface area contributed by atoms with Crippen molar-refractivity contribution in [3.05, 3.63) is 24.3 Å². The van der Waals surface area contributed by atoms with Crippen molar-refractivity contribution in [1.82, 2.24) is 0 Å². The molecular weight excluding hydrogens is 406 g/mol. The number of thioether (sulfide) groups is 1. The first kappa shape index (κ1) is 25.9. The summed E-state index contributed by atoms with van der Waals surface area (Å²) in [7, 11) is 0. The lowest BCUT2D eigenvalue weighted by Gasteiger charge is -2.25. The van der Waals surface area contributed by atoms with Crippen molar-refractivity contribution in [1.29, 1.82) is 0 Å². The Morgan fingerprint density at radius 1 is 1.00 bits per heavy atom. The Bertz CT molecular complexity index is 612. The van der Waals surface area contributed by atoms with E-state index in [1.807, 2.05) is 18.2 Å². The number of amides is 1. The molecule has 1 aromatic rings. The third kappa shape index (κ3) is 10.4. The molecule has 164 valence electrons. The van der Waals surface area contributed by atoms with Crippen LogP contribution in [0.3, 0.4) is 0 Å². The maximum Gasteiger partial charge on any atom is 0.304 e. The van der Waals surface area contributed by atoms with Gasteiger partial charge in [0.1, 0.15) is 11.4 Å². The lowest BCUT2D eigenvalue weighted by molar-refractivity contribution is -0.136. The van der Waals surface area contributed by atoms with Gasteiger partial charge in [-0.05, 0) is 25.5 Å². The van der Waals surface area contributed by atoms with Crippen molar-refractivity contribution in [2.45, 2.75) is 83.0 Å². The molecule has 0 saturated carbocycles. The van der Waals surface area contributed by atoms with Gasteiger partial charge in [0.25, 0.3) is 5.91 Å². The Labute approximate surface area is 183 Å². The molecule has 0 spiro atoms. The van der Waals surface area contributed by atoms with Gasteiger partial charge in [-0.1, -0.05) is 64.0 Å². The number of carbonyl (C=O) groups excluding carboxylic acids is 1. The first-order valence-electron chi connectivity index (χ1n) is 10.7. The summed E-state index contributed by atoms with van der Waals surface area (Å²) >= 11 is -0.0478. The molecule has 1 amide bonds. The summed E-state index contributed by atoms with van der Waals surface area (Å²) < 4.78 is 14.0. The fraction of sp³-hybridized carbons (Fsp3) is 0.636. The van der Waals surface area contributed by atoms with Crippen LogP contribution in [0, 0.1) is 0 Å². The second-order valence-corrected chi connectivity index (χ2v) is 9.71. The molecule has 1 unspecified atom stereocenters. The molecule has 0 aliphatic carbocycles. The van der Waals surface area contributed by atoms with Crippen LogP contribution in [0.15, 0.2) is 29.2 Å². The van der Waals surface area contributed by atoms with E-state index in [4.69, 9.17) is 5.11 Å². The summed E-state index contributed by atoms with van der Waals surface area (Å²) in [5, 5.41) is 8.86. The van der Waals surface area contributed by atoms with Gasteiger partial charge in [-0.15, -0.1) is 16.1 Å². The number of aliphatic carboxylic acids is 1. The molecule has 5 nitrogen and oxygen atoms in total. The van der Waals surface area contributed by atoms with Gasteiger partial charge in [0.05, 0.1) is 17.8 Å². The van der Waals surface area contributed by atoms with Gasteiger partial charge >= 0.3 is 5.97 Å². The highest BCUT2D eigenvalue weighted by molar-refractivity contribution is 7.99. The zero-order valence-corrected chi connectivity index (χ0v) is 19.4. The van der Waals surface area contributed by atoms with Crippen LogP contribution in [0.25, 0.3) is 0 Å². The van der Waals surface area contributed by atoms with Gasteiger partial charge in [0, 0.05) is 17.1 Å². The molecule has 1 rings (SSSR count). The van der Waals surface area contributed by atoms with E-state index in [-0.39, 0.29) is 12.3 Å². The van der Waals surface area contributed by atoms with E-state index < -0.39 is 17.3 Å². The standard InChI is InChI=1S/C22H35NO4S2/c1-3-5-6-7-8-9-10-11-16-21(24)23(29(27)4-2)19-14-12-13-15-20(19)28-18-17-22(25)26/h12-15H,3-11,16-18H2,1-2H3,(H,25,26). The number of benzene rings is 1. The highest BCUT2D eigenvalue weighted by Gasteiger charge is 2.28. The summed E-state index contributed by atoms with van der Waals surface area (Å²) in [6.07, 6.45) is 9.67. The Balaban J connectivity index is 2.65. The van der Waals surface area contributed by atoms with Crippen LogP contribution in [-0.2, 0) is 21.0 Å². The Kier molecular flexibility index (Phi) is 13.9. The van der Waals surface area contributed by atoms with Crippen molar-refractivity contribution in [2.75, 3.05) is 15.8 Å². The Morgan fingerprint density at radius 3 is 2.24 bits per heavy atom. The number of hydrogen-bond donors (Lipinski definition) is 1. The molecule has 0 fully saturated rings. The quantitative estimate of drug-likeness (QED) is 0.199. The lowest BCUT2D eigenvalue weighted by Crippen LogP contribution is -2.38. The zero-order valence-electron chi connectivity index (χ0n) is 17.7. The van der Waals surface area contributed by atoms with Crippen molar-refractivity contribution in [2.24, 2.45) is 0 Å². The van der Waals surface area contributed by atoms with Gasteiger partial charge in [0.2, 0.25) is 0 Å². The van der Waals surface area contributed by atoms with Crippen LogP contribution >= 0.6 is 11.8 Å². The summed E-state index contributed by atoms with van der Waals surface area (Å²) in [6, 6.07) is 7.32. The molecule has 0 radical (unpaired) electrons. The monoisotopic (exact) mass is 441 g/mol. The topological polar surface area (TPSA) is 80.7 Å². The first-order valence-corrected chi connectivity index (χ1v) is 12.9. The van der Waals surface area contributed by atoms with Gasteiger partial charge in [-0.2, -0.15) is 0 Å². The molecular formula is C22H35NO4S2. The van der Waals surface area contributed by atoms with Crippen LogP contribution in [0.4, 0.5) is 5.69 Å². The number of para-hydroxylation sites is 1. The van der Waals surface area contributed by atoms with E-state index >= 15 is 0 Å². The molecule has 1 N–H and O–H groups in total. The molecule has 0 aliphatic heterocycles. The van der Waals surface area contributed by atoms with E-state index in [1.54, 1.807) is 13.0 Å². The van der Waals surface area contributed by atoms with Crippen LogP contribution in [0.2, 0.25) is 0 Å². The number of carbonyl (C=O) groups is 2. The second-order valence-electron chi connectivity index (χ2n) is 6.98. The number of rotatable bonds is 16. The smallest absolute Gasteiger partial charge is 0.304 e. The minimum atomic E-state index is -1.43. The number of unbranched alkanes of at least 4 members (excludes halogenated alkanes) is 7. The van der Waals surface area contributed by atoms with Gasteiger partial charge in [-0.3, -0.25) is 9.59 Å². The Morgan fingerprint density at radius 2 is 1.62 bits per heavy atom. The van der Waals surface area contributed by atoms with Crippen LogP contribution in [0.1, 0.15) is 78.1 Å². The summed E-state index contributed by atoms with van der Waals surface area (Å²) in [5.74, 6) is -0.208. The maximum atomic E-state index is 12.9. The number of nitrogens with zero attached hydrogens (tertiary/aromatic N) is 1. The number of carboxylic acid groups (broad SMARTS) is 1. The van der Waals surface area contributed by atoms with Gasteiger partial charge < -0.3 is 9.66 Å². The third-order valence-electron chi connectivity index (χ3n) is 4.58. The minimum absolute atomic E-state index is 0.0437. The van der Waals surface area contributed by atoms with Crippen molar-refractivity contribution < 1.29 is 19.2 Å². The molecule has 0 bridgehead atoms. The van der Waals surface area contributed by atoms with E-state index in [1.165, 1.54) is 48.2 Å². The average molecular weight is 442 g/mol. The number of carboxylic acids is 1. The Hall–Kier alpha value is -1.18. The van der Waals surface area contributed by atoms with E-state index in [9.17, 15) is 14.1 Å². The fourth-order valence-electron chi connectivity index (χ4n) is 2.99. The molecule has 0 aromatic heterocycles. The van der Waals surface area contributed by atoms with Crippen LogP contribution < -0.4 is 4.31 Å². The molecule has 1 atom stereocenters. The van der Waals surface area contributed by atoms with Gasteiger partial charge in [0.15, 0.2) is 0 Å². The zero-order chi connectivity index (χ0) is 21.5. The fourth-order valence-corrected chi connectivity index (χ4v) is 4.99. The number of anilines is 1. The highest BCUT2D eigenvalue weighted by Crippen LogP contribution is 2.33. The maximum absolute atomic E-state index is 12.9. The number of hydrogen-bond acceptors (Lipinski definition) is 4. The van der Waals surface area contributed by atoms with Crippen LogP contribution in [-0.4, -0.2) is 33.0 Å². The predicted octanol–water partition coefficient (Wildman–Crippen LogP) is 5.80. The molecule has 29 heavy (non-hydrogen) atoms. The minimum Gasteiger partial charge on any atom is -0.593 e. The van der Waals surface area contributed by atoms with Crippen molar-refractivity contribution in [3.63, 3.8) is 0 Å². The predicted molar refractivity (Wildman–Crippen MR) is 123 cm³/mol. The van der Waals surface area contributed by atoms with Crippen molar-refractivity contribution in [3.8, 4) is 0 Å². The van der Waals surface area contributed by atoms with Gasteiger partial charge in [-0.25, -0.2) is 0 Å². The normalized spacial score (nSPS) is 12.0. The van der Waals surface area contributed by atoms with Crippen molar-refractivity contribution >= 4 is 40.7 Å². The first-order chi connectivity index (χ1) is 14.0.